The van der Waals surface area contributed by atoms with Crippen molar-refractivity contribution >= 4 is 57.4 Å². The minimum absolute atomic E-state index is 0.0425. The second-order valence-corrected chi connectivity index (χ2v) is 22.9. The molecule has 0 saturated heterocycles. The third-order valence-corrected chi connectivity index (χ3v) is 14.6. The Morgan fingerprint density at radius 3 is 1.53 bits per heavy atom. The highest BCUT2D eigenvalue weighted by Gasteiger charge is 2.53. The fraction of sp³-hybridized carbons (Fsp3) is 0.472. The molecule has 4 aliphatic rings. The van der Waals surface area contributed by atoms with Gasteiger partial charge in [-0.2, -0.15) is 0 Å². The van der Waals surface area contributed by atoms with Crippen molar-refractivity contribution in [3.05, 3.63) is 112 Å². The number of benzene rings is 4. The van der Waals surface area contributed by atoms with Crippen molar-refractivity contribution < 1.29 is 4.42 Å². The second-order valence-electron chi connectivity index (χ2n) is 22.9. The SMILES string of the molecule is Cc1cc2c3c(c1)N(c1ccc(C(C)(C)C)cc1)c1c(oc4c1C(C)(C)CCC4(C)C)B3c1cc3c(cc1N2c1ccc(C(C)(C)C)cc1)C(C)(C)CCC3(C)C. The van der Waals surface area contributed by atoms with Crippen LogP contribution in [0.5, 0.6) is 0 Å². The Balaban J connectivity index is 1.41. The Labute approximate surface area is 344 Å². The summed E-state index contributed by atoms with van der Waals surface area (Å²) >= 11 is 0. The van der Waals surface area contributed by atoms with Crippen LogP contribution in [0.1, 0.15) is 162 Å². The van der Waals surface area contributed by atoms with E-state index in [2.05, 4.69) is 186 Å². The van der Waals surface area contributed by atoms with E-state index >= 15 is 0 Å². The lowest BCUT2D eigenvalue weighted by Gasteiger charge is -2.47. The first-order chi connectivity index (χ1) is 26.4. The second kappa shape index (κ2) is 12.0. The van der Waals surface area contributed by atoms with Gasteiger partial charge in [-0.1, -0.05) is 127 Å². The van der Waals surface area contributed by atoms with Crippen LogP contribution in [0, 0.1) is 6.92 Å². The highest BCUT2D eigenvalue weighted by molar-refractivity contribution is 6.99. The van der Waals surface area contributed by atoms with E-state index in [0.717, 1.165) is 18.5 Å². The highest BCUT2D eigenvalue weighted by atomic mass is 16.3. The first kappa shape index (κ1) is 38.3. The summed E-state index contributed by atoms with van der Waals surface area (Å²) in [6.45, 7) is 35.6. The van der Waals surface area contributed by atoms with E-state index in [0.29, 0.717) is 0 Å². The molecule has 57 heavy (non-hydrogen) atoms. The van der Waals surface area contributed by atoms with E-state index < -0.39 is 0 Å². The van der Waals surface area contributed by atoms with Gasteiger partial charge in [0.15, 0.2) is 0 Å². The van der Waals surface area contributed by atoms with Crippen molar-refractivity contribution in [1.82, 2.24) is 0 Å². The summed E-state index contributed by atoms with van der Waals surface area (Å²) in [5.74, 6) is 1.17. The zero-order chi connectivity index (χ0) is 41.0. The molecule has 2 aliphatic heterocycles. The summed E-state index contributed by atoms with van der Waals surface area (Å²) in [7, 11) is 0. The van der Waals surface area contributed by atoms with Crippen LogP contribution in [0.3, 0.4) is 0 Å². The molecule has 0 spiro atoms. The smallest absolute Gasteiger partial charge is 0.297 e. The molecule has 3 nitrogen and oxygen atoms in total. The van der Waals surface area contributed by atoms with Crippen molar-refractivity contribution in [2.24, 2.45) is 0 Å². The predicted molar refractivity (Wildman–Crippen MR) is 245 cm³/mol. The molecular weight excluding hydrogens is 691 g/mol. The third-order valence-electron chi connectivity index (χ3n) is 14.6. The lowest BCUT2D eigenvalue weighted by Crippen LogP contribution is -2.61. The average molecular weight is 757 g/mol. The summed E-state index contributed by atoms with van der Waals surface area (Å²) in [6.07, 6.45) is 4.58. The zero-order valence-corrected chi connectivity index (χ0v) is 37.6. The Morgan fingerprint density at radius 2 is 1.00 bits per heavy atom. The van der Waals surface area contributed by atoms with Crippen LogP contribution in [0.4, 0.5) is 34.1 Å². The minimum atomic E-state index is -0.0743. The van der Waals surface area contributed by atoms with Gasteiger partial charge in [0.25, 0.3) is 6.71 Å². The Hall–Kier alpha value is -4.18. The Kier molecular flexibility index (Phi) is 8.04. The van der Waals surface area contributed by atoms with Crippen LogP contribution in [0.25, 0.3) is 0 Å². The van der Waals surface area contributed by atoms with Crippen molar-refractivity contribution in [2.45, 2.75) is 162 Å². The number of aryl methyl sites for hydroxylation is 1. The summed E-state index contributed by atoms with van der Waals surface area (Å²) in [5, 5.41) is 0. The van der Waals surface area contributed by atoms with Crippen LogP contribution in [0.15, 0.2) is 77.2 Å². The van der Waals surface area contributed by atoms with Crippen molar-refractivity contribution in [2.75, 3.05) is 9.80 Å². The van der Waals surface area contributed by atoms with Crippen molar-refractivity contribution in [1.29, 1.82) is 0 Å². The molecule has 0 radical (unpaired) electrons. The molecule has 0 saturated carbocycles. The molecule has 3 heterocycles. The van der Waals surface area contributed by atoms with Gasteiger partial charge in [0.1, 0.15) is 5.76 Å². The zero-order valence-electron chi connectivity index (χ0n) is 37.6. The van der Waals surface area contributed by atoms with Gasteiger partial charge in [0.2, 0.25) is 0 Å². The molecule has 0 fully saturated rings. The molecule has 0 atom stereocenters. The standard InChI is InChI=1S/C53H65BN2O/c1-32-28-41-44-42(29-32)56(36-22-18-34(19-23-36)49(5,6)7)45-43-46(53(14,15)27-26-52(43,12)13)57-47(45)54(44)39-30-37-38(51(10,11)25-24-50(37,8)9)31-40(39)55(41)35-20-16-33(17-21-35)48(2,3)4/h16-23,28-31H,24-27H2,1-15H3. The summed E-state index contributed by atoms with van der Waals surface area (Å²) in [6, 6.07) is 29.0. The highest BCUT2D eigenvalue weighted by Crippen LogP contribution is 2.56. The normalized spacial score (nSPS) is 19.7. The van der Waals surface area contributed by atoms with Gasteiger partial charge in [0, 0.05) is 39.4 Å². The van der Waals surface area contributed by atoms with E-state index in [4.69, 9.17) is 4.42 Å². The van der Waals surface area contributed by atoms with E-state index in [9.17, 15) is 0 Å². The maximum atomic E-state index is 7.62. The number of hydrogen-bond donors (Lipinski definition) is 0. The number of fused-ring (bicyclic) bond motifs is 7. The van der Waals surface area contributed by atoms with E-state index in [1.165, 1.54) is 97.0 Å². The van der Waals surface area contributed by atoms with Crippen molar-refractivity contribution in [3.8, 4) is 0 Å². The number of anilines is 6. The van der Waals surface area contributed by atoms with Gasteiger partial charge < -0.3 is 14.2 Å². The number of nitrogens with zero attached hydrogens (tertiary/aromatic N) is 2. The van der Waals surface area contributed by atoms with E-state index in [1.807, 2.05) is 0 Å². The maximum absolute atomic E-state index is 7.62. The van der Waals surface area contributed by atoms with E-state index in [1.54, 1.807) is 0 Å². The molecule has 0 bridgehead atoms. The first-order valence-corrected chi connectivity index (χ1v) is 21.7. The van der Waals surface area contributed by atoms with Gasteiger partial charge in [-0.3, -0.25) is 0 Å². The summed E-state index contributed by atoms with van der Waals surface area (Å²) in [5.41, 5.74) is 19.8. The van der Waals surface area contributed by atoms with E-state index in [-0.39, 0.29) is 39.2 Å². The Bertz CT molecular complexity index is 2440. The fourth-order valence-corrected chi connectivity index (χ4v) is 10.7. The molecule has 4 heteroatoms. The lowest BCUT2D eigenvalue weighted by atomic mass is 9.35. The molecule has 5 aromatic rings. The third kappa shape index (κ3) is 5.73. The molecule has 0 amide bonds. The fourth-order valence-electron chi connectivity index (χ4n) is 10.7. The lowest BCUT2D eigenvalue weighted by molar-refractivity contribution is 0.282. The van der Waals surface area contributed by atoms with Crippen LogP contribution >= 0.6 is 0 Å². The van der Waals surface area contributed by atoms with Crippen molar-refractivity contribution in [3.63, 3.8) is 0 Å². The maximum Gasteiger partial charge on any atom is 0.297 e. The monoisotopic (exact) mass is 757 g/mol. The molecule has 4 aromatic carbocycles. The summed E-state index contributed by atoms with van der Waals surface area (Å²) in [4.78, 5) is 5.21. The number of rotatable bonds is 2. The molecule has 296 valence electrons. The predicted octanol–water partition coefficient (Wildman–Crippen LogP) is 13.0. The van der Waals surface area contributed by atoms with Gasteiger partial charge >= 0.3 is 0 Å². The number of furan rings is 1. The van der Waals surface area contributed by atoms with Crippen LogP contribution in [-0.4, -0.2) is 6.71 Å². The summed E-state index contributed by atoms with van der Waals surface area (Å²) < 4.78 is 7.62. The molecule has 0 unspecified atom stereocenters. The molecule has 1 aromatic heterocycles. The van der Waals surface area contributed by atoms with Gasteiger partial charge in [-0.15, -0.1) is 0 Å². The van der Waals surface area contributed by atoms with Gasteiger partial charge in [-0.05, 0) is 141 Å². The molecule has 2 aliphatic carbocycles. The largest absolute Gasteiger partial charge is 0.472 e. The number of hydrogen-bond acceptors (Lipinski definition) is 3. The molecule has 9 rings (SSSR count). The van der Waals surface area contributed by atoms with Gasteiger partial charge in [0.05, 0.1) is 11.3 Å². The van der Waals surface area contributed by atoms with Gasteiger partial charge in [-0.25, -0.2) is 0 Å². The van der Waals surface area contributed by atoms with Crippen LogP contribution in [0.2, 0.25) is 0 Å². The average Bonchev–Trinajstić information content (AvgIpc) is 3.54. The first-order valence-electron chi connectivity index (χ1n) is 21.7. The topological polar surface area (TPSA) is 19.6 Å². The minimum Gasteiger partial charge on any atom is -0.472 e. The quantitative estimate of drug-likeness (QED) is 0.164. The Morgan fingerprint density at radius 1 is 0.544 bits per heavy atom. The molecule has 0 N–H and O–H groups in total. The van der Waals surface area contributed by atoms with Crippen LogP contribution < -0.4 is 26.4 Å². The van der Waals surface area contributed by atoms with Crippen LogP contribution in [-0.2, 0) is 32.5 Å². The molecular formula is C53H65BN2O.